The second-order valence-corrected chi connectivity index (χ2v) is 5.84. The molecule has 114 valence electrons. The van der Waals surface area contributed by atoms with E-state index in [2.05, 4.69) is 0 Å². The van der Waals surface area contributed by atoms with Crippen molar-refractivity contribution in [2.24, 2.45) is 17.6 Å². The molecule has 1 aliphatic heterocycles. The van der Waals surface area contributed by atoms with Crippen molar-refractivity contribution in [2.45, 2.75) is 6.92 Å². The zero-order valence-corrected chi connectivity index (χ0v) is 12.3. The molecule has 0 unspecified atom stereocenters. The molecule has 0 radical (unpaired) electrons. The summed E-state index contributed by atoms with van der Waals surface area (Å²) < 4.78 is 13.9. The Morgan fingerprint density at radius 2 is 1.82 bits per heavy atom. The Morgan fingerprint density at radius 3 is 2.45 bits per heavy atom. The second kappa shape index (κ2) is 5.40. The maximum absolute atomic E-state index is 13.9. The van der Waals surface area contributed by atoms with Crippen LogP contribution in [-0.2, 0) is 4.79 Å². The standard InChI is InChI=1S/C17H17FN2O2/c1-10-8-20(9-14(10)16(19)21)17(22)13-6-7-15(18)12-5-3-2-4-11(12)13/h2-7,10,14H,8-9H2,1H3,(H2,19,21)/t10-,14-/m1/s1. The smallest absolute Gasteiger partial charge is 0.254 e. The maximum atomic E-state index is 13.9. The molecule has 1 aliphatic rings. The Morgan fingerprint density at radius 1 is 1.14 bits per heavy atom. The number of fused-ring (bicyclic) bond motifs is 1. The summed E-state index contributed by atoms with van der Waals surface area (Å²) in [5.41, 5.74) is 5.83. The van der Waals surface area contributed by atoms with Crippen molar-refractivity contribution in [3.8, 4) is 0 Å². The molecule has 4 nitrogen and oxygen atoms in total. The van der Waals surface area contributed by atoms with Crippen molar-refractivity contribution < 1.29 is 14.0 Å². The first-order chi connectivity index (χ1) is 10.5. The number of carbonyl (C=O) groups is 2. The van der Waals surface area contributed by atoms with Crippen LogP contribution in [0.3, 0.4) is 0 Å². The molecule has 1 fully saturated rings. The number of primary amides is 1. The highest BCUT2D eigenvalue weighted by atomic mass is 19.1. The highest BCUT2D eigenvalue weighted by Crippen LogP contribution is 2.27. The number of hydrogen-bond donors (Lipinski definition) is 1. The SMILES string of the molecule is C[C@@H]1CN(C(=O)c2ccc(F)c3ccccc23)C[C@H]1C(N)=O. The van der Waals surface area contributed by atoms with E-state index in [0.29, 0.717) is 29.4 Å². The molecular formula is C17H17FN2O2. The quantitative estimate of drug-likeness (QED) is 0.924. The van der Waals surface area contributed by atoms with Gasteiger partial charge in [0.1, 0.15) is 5.82 Å². The number of benzene rings is 2. The molecule has 1 saturated heterocycles. The van der Waals surface area contributed by atoms with Gasteiger partial charge in [-0.1, -0.05) is 31.2 Å². The van der Waals surface area contributed by atoms with Crippen molar-refractivity contribution in [2.75, 3.05) is 13.1 Å². The molecule has 0 spiro atoms. The van der Waals surface area contributed by atoms with Gasteiger partial charge < -0.3 is 10.6 Å². The molecule has 0 aliphatic carbocycles. The first kappa shape index (κ1) is 14.5. The fraction of sp³-hybridized carbons (Fsp3) is 0.294. The molecule has 0 bridgehead atoms. The van der Waals surface area contributed by atoms with E-state index in [9.17, 15) is 14.0 Å². The van der Waals surface area contributed by atoms with Crippen LogP contribution in [0.2, 0.25) is 0 Å². The summed E-state index contributed by atoms with van der Waals surface area (Å²) in [5.74, 6) is -1.21. The minimum absolute atomic E-state index is 0.0353. The van der Waals surface area contributed by atoms with E-state index >= 15 is 0 Å². The van der Waals surface area contributed by atoms with E-state index in [1.165, 1.54) is 12.1 Å². The summed E-state index contributed by atoms with van der Waals surface area (Å²) >= 11 is 0. The predicted octanol–water partition coefficient (Wildman–Crippen LogP) is 2.17. The lowest BCUT2D eigenvalue weighted by atomic mass is 9.98. The van der Waals surface area contributed by atoms with Crippen LogP contribution in [-0.4, -0.2) is 29.8 Å². The number of halogens is 1. The van der Waals surface area contributed by atoms with Crippen molar-refractivity contribution >= 4 is 22.6 Å². The van der Waals surface area contributed by atoms with Gasteiger partial charge in [0.2, 0.25) is 5.91 Å². The van der Waals surface area contributed by atoms with Gasteiger partial charge in [0.25, 0.3) is 5.91 Å². The summed E-state index contributed by atoms with van der Waals surface area (Å²) in [7, 11) is 0. The largest absolute Gasteiger partial charge is 0.369 e. The monoisotopic (exact) mass is 300 g/mol. The van der Waals surface area contributed by atoms with E-state index < -0.39 is 0 Å². The van der Waals surface area contributed by atoms with Crippen molar-refractivity contribution in [3.05, 3.63) is 47.8 Å². The van der Waals surface area contributed by atoms with Crippen LogP contribution in [0.15, 0.2) is 36.4 Å². The van der Waals surface area contributed by atoms with E-state index in [0.717, 1.165) is 0 Å². The zero-order chi connectivity index (χ0) is 15.9. The molecule has 5 heteroatoms. The van der Waals surface area contributed by atoms with Crippen LogP contribution in [0.4, 0.5) is 4.39 Å². The molecular weight excluding hydrogens is 283 g/mol. The lowest BCUT2D eigenvalue weighted by Gasteiger charge is -2.17. The Labute approximate surface area is 127 Å². The van der Waals surface area contributed by atoms with Crippen LogP contribution in [0.25, 0.3) is 10.8 Å². The number of hydrogen-bond acceptors (Lipinski definition) is 2. The van der Waals surface area contributed by atoms with Gasteiger partial charge in [-0.15, -0.1) is 0 Å². The summed E-state index contributed by atoms with van der Waals surface area (Å²) in [6.45, 7) is 2.71. The third kappa shape index (κ3) is 2.32. The summed E-state index contributed by atoms with van der Waals surface area (Å²) in [6, 6.07) is 9.71. The topological polar surface area (TPSA) is 63.4 Å². The first-order valence-corrected chi connectivity index (χ1v) is 7.25. The molecule has 0 saturated carbocycles. The minimum atomic E-state index is -0.383. The fourth-order valence-electron chi connectivity index (χ4n) is 3.12. The molecule has 2 N–H and O–H groups in total. The Balaban J connectivity index is 1.97. The van der Waals surface area contributed by atoms with Crippen LogP contribution in [0, 0.1) is 17.7 Å². The number of amides is 2. The van der Waals surface area contributed by atoms with Crippen molar-refractivity contribution in [1.82, 2.24) is 4.90 Å². The Kier molecular flexibility index (Phi) is 3.56. The summed E-state index contributed by atoms with van der Waals surface area (Å²) in [6.07, 6.45) is 0. The van der Waals surface area contributed by atoms with E-state index in [4.69, 9.17) is 5.73 Å². The normalized spacial score (nSPS) is 21.3. The van der Waals surface area contributed by atoms with Crippen LogP contribution in [0.1, 0.15) is 17.3 Å². The van der Waals surface area contributed by atoms with Crippen LogP contribution in [0.5, 0.6) is 0 Å². The third-order valence-corrected chi connectivity index (χ3v) is 4.37. The Hall–Kier alpha value is -2.43. The highest BCUT2D eigenvalue weighted by molar-refractivity contribution is 6.07. The molecule has 1 heterocycles. The van der Waals surface area contributed by atoms with Gasteiger partial charge in [-0.2, -0.15) is 0 Å². The van der Waals surface area contributed by atoms with Gasteiger partial charge in [0.05, 0.1) is 5.92 Å². The third-order valence-electron chi connectivity index (χ3n) is 4.37. The van der Waals surface area contributed by atoms with Gasteiger partial charge in [-0.3, -0.25) is 9.59 Å². The van der Waals surface area contributed by atoms with E-state index in [1.54, 1.807) is 29.2 Å². The minimum Gasteiger partial charge on any atom is -0.369 e. The van der Waals surface area contributed by atoms with Crippen molar-refractivity contribution in [1.29, 1.82) is 0 Å². The molecule has 22 heavy (non-hydrogen) atoms. The molecule has 2 aromatic carbocycles. The van der Waals surface area contributed by atoms with Gasteiger partial charge in [0.15, 0.2) is 0 Å². The van der Waals surface area contributed by atoms with Crippen LogP contribution >= 0.6 is 0 Å². The zero-order valence-electron chi connectivity index (χ0n) is 12.3. The predicted molar refractivity (Wildman–Crippen MR) is 81.7 cm³/mol. The lowest BCUT2D eigenvalue weighted by Crippen LogP contribution is -2.32. The van der Waals surface area contributed by atoms with Crippen LogP contribution < -0.4 is 5.73 Å². The van der Waals surface area contributed by atoms with E-state index in [1.807, 2.05) is 6.92 Å². The maximum Gasteiger partial charge on any atom is 0.254 e. The Bertz CT molecular complexity index is 759. The van der Waals surface area contributed by atoms with Gasteiger partial charge >= 0.3 is 0 Å². The van der Waals surface area contributed by atoms with Gasteiger partial charge in [-0.05, 0) is 23.4 Å². The van der Waals surface area contributed by atoms with E-state index in [-0.39, 0.29) is 29.5 Å². The molecule has 3 rings (SSSR count). The fourth-order valence-corrected chi connectivity index (χ4v) is 3.12. The first-order valence-electron chi connectivity index (χ1n) is 7.25. The average molecular weight is 300 g/mol. The number of nitrogens with two attached hydrogens (primary N) is 1. The molecule has 2 atom stereocenters. The second-order valence-electron chi connectivity index (χ2n) is 5.84. The summed E-state index contributed by atoms with van der Waals surface area (Å²) in [5, 5.41) is 1.01. The number of nitrogens with zero attached hydrogens (tertiary/aromatic N) is 1. The molecule has 2 aromatic rings. The average Bonchev–Trinajstić information content (AvgIpc) is 2.89. The number of likely N-dealkylation sites (tertiary alicyclic amines) is 1. The lowest BCUT2D eigenvalue weighted by molar-refractivity contribution is -0.122. The van der Waals surface area contributed by atoms with Crippen molar-refractivity contribution in [3.63, 3.8) is 0 Å². The molecule has 0 aromatic heterocycles. The van der Waals surface area contributed by atoms with Gasteiger partial charge in [-0.25, -0.2) is 4.39 Å². The van der Waals surface area contributed by atoms with Gasteiger partial charge in [0, 0.05) is 24.0 Å². The number of rotatable bonds is 2. The number of carbonyl (C=O) groups excluding carboxylic acids is 2. The summed E-state index contributed by atoms with van der Waals surface area (Å²) in [4.78, 5) is 25.8. The molecule has 2 amide bonds. The highest BCUT2D eigenvalue weighted by Gasteiger charge is 2.36.